The van der Waals surface area contributed by atoms with Gasteiger partial charge in [0.05, 0.1) is 0 Å². The van der Waals surface area contributed by atoms with E-state index in [0.29, 0.717) is 0 Å². The Balaban J connectivity index is 0. The molecule has 0 unspecified atom stereocenters. The van der Waals surface area contributed by atoms with E-state index in [9.17, 15) is 0 Å². The smallest absolute Gasteiger partial charge is 0.131 e. The molecule has 6 heavy (non-hydrogen) atoms. The molecule has 0 aliphatic heterocycles. The molecule has 0 aliphatic rings. The Morgan fingerprint density at radius 3 is 1.67 bits per heavy atom. The number of rotatable bonds is 0. The maximum atomic E-state index is 8.67. The molecule has 0 atom stereocenters. The summed E-state index contributed by atoms with van der Waals surface area (Å²) < 4.78 is 0. The van der Waals surface area contributed by atoms with Crippen molar-refractivity contribution < 1.29 is 14.7 Å². The molecular weight excluding hydrogens is 86.0 g/mol. The number of primary amides is 1. The summed E-state index contributed by atoms with van der Waals surface area (Å²) in [6, 6.07) is 0. The highest BCUT2D eigenvalue weighted by atomic mass is 16.4. The molecule has 4 nitrogen and oxygen atoms in total. The molecule has 0 rings (SSSR count). The quantitative estimate of drug-likeness (QED) is 0.377. The van der Waals surface area contributed by atoms with Crippen molar-refractivity contribution in [3.63, 3.8) is 0 Å². The minimum Gasteiger partial charge on any atom is -0.530 e. The SMILES string of the molecule is C=O.NC(=O)[O-]. The number of hydrogen-bond donors (Lipinski definition) is 1. The van der Waals surface area contributed by atoms with Crippen molar-refractivity contribution in [2.75, 3.05) is 0 Å². The van der Waals surface area contributed by atoms with Gasteiger partial charge < -0.3 is 20.4 Å². The van der Waals surface area contributed by atoms with E-state index in [1.165, 1.54) is 0 Å². The number of nitrogens with two attached hydrogens (primary N) is 1. The zero-order chi connectivity index (χ0) is 5.58. The van der Waals surface area contributed by atoms with Crippen LogP contribution in [-0.4, -0.2) is 12.9 Å². The minimum atomic E-state index is -1.58. The molecule has 0 saturated heterocycles. The van der Waals surface area contributed by atoms with E-state index in [4.69, 9.17) is 14.7 Å². The van der Waals surface area contributed by atoms with E-state index in [1.54, 1.807) is 0 Å². The normalized spacial score (nSPS) is 4.67. The van der Waals surface area contributed by atoms with E-state index in [-0.39, 0.29) is 0 Å². The van der Waals surface area contributed by atoms with Crippen molar-refractivity contribution in [2.45, 2.75) is 0 Å². The number of hydrogen-bond acceptors (Lipinski definition) is 3. The summed E-state index contributed by atoms with van der Waals surface area (Å²) in [5, 5.41) is 8.67. The predicted molar refractivity (Wildman–Crippen MR) is 16.7 cm³/mol. The minimum absolute atomic E-state index is 1.58. The van der Waals surface area contributed by atoms with Crippen molar-refractivity contribution >= 4 is 12.9 Å². The van der Waals surface area contributed by atoms with Crippen LogP contribution in [0.25, 0.3) is 0 Å². The monoisotopic (exact) mass is 90.0 g/mol. The van der Waals surface area contributed by atoms with Crippen LogP contribution in [0, 0.1) is 0 Å². The van der Waals surface area contributed by atoms with Gasteiger partial charge in [-0.25, -0.2) is 0 Å². The topological polar surface area (TPSA) is 83.2 Å². The Morgan fingerprint density at radius 1 is 1.67 bits per heavy atom. The molecule has 1 amide bonds. The zero-order valence-corrected chi connectivity index (χ0v) is 3.01. The highest BCUT2D eigenvalue weighted by Gasteiger charge is 1.44. The molecule has 0 heterocycles. The van der Waals surface area contributed by atoms with Crippen molar-refractivity contribution in [2.24, 2.45) is 5.73 Å². The first-order valence-electron chi connectivity index (χ1n) is 0.986. The lowest BCUT2D eigenvalue weighted by Crippen LogP contribution is -2.29. The Kier molecular flexibility index (Phi) is 13.4. The average Bonchev–Trinajstić information content (AvgIpc) is 1.41. The molecule has 0 spiro atoms. The molecule has 4 heteroatoms. The fourth-order valence-corrected chi connectivity index (χ4v) is 0. The highest BCUT2D eigenvalue weighted by Crippen LogP contribution is 1.23. The van der Waals surface area contributed by atoms with E-state index >= 15 is 0 Å². The molecule has 0 fully saturated rings. The Bertz CT molecular complexity index is 40.1. The number of amides is 1. The summed E-state index contributed by atoms with van der Waals surface area (Å²) in [5.74, 6) is 0. The molecular formula is C2H4NO3-. The van der Waals surface area contributed by atoms with Gasteiger partial charge in [0.15, 0.2) is 0 Å². The third-order valence-corrected chi connectivity index (χ3v) is 0. The van der Waals surface area contributed by atoms with Gasteiger partial charge >= 0.3 is 0 Å². The zero-order valence-electron chi connectivity index (χ0n) is 3.01. The molecule has 0 aromatic rings. The third-order valence-electron chi connectivity index (χ3n) is 0. The van der Waals surface area contributed by atoms with Gasteiger partial charge in [0, 0.05) is 0 Å². The standard InChI is InChI=1S/CH3NO2.CH2O/c2-1(3)4;1-2/h2H2,(H,3,4);1H2/p-1. The summed E-state index contributed by atoms with van der Waals surface area (Å²) in [7, 11) is 0. The van der Waals surface area contributed by atoms with Crippen molar-refractivity contribution in [1.82, 2.24) is 0 Å². The van der Waals surface area contributed by atoms with Gasteiger partial charge in [-0.05, 0) is 0 Å². The fraction of sp³-hybridized carbons (Fsp3) is 0. The number of carbonyl (C=O) groups excluding carboxylic acids is 2. The van der Waals surface area contributed by atoms with E-state index in [2.05, 4.69) is 5.73 Å². The summed E-state index contributed by atoms with van der Waals surface area (Å²) >= 11 is 0. The van der Waals surface area contributed by atoms with E-state index in [1.807, 2.05) is 6.79 Å². The van der Waals surface area contributed by atoms with Crippen LogP contribution in [0.3, 0.4) is 0 Å². The Labute approximate surface area is 34.6 Å². The summed E-state index contributed by atoms with van der Waals surface area (Å²) in [4.78, 5) is 16.7. The lowest BCUT2D eigenvalue weighted by atomic mass is 11.3. The van der Waals surface area contributed by atoms with Crippen LogP contribution in [0.2, 0.25) is 0 Å². The fourth-order valence-electron chi connectivity index (χ4n) is 0. The summed E-state index contributed by atoms with van der Waals surface area (Å²) in [6.45, 7) is 2.00. The molecule has 36 valence electrons. The maximum absolute atomic E-state index is 8.67. The Hall–Kier alpha value is -1.06. The largest absolute Gasteiger partial charge is 0.530 e. The molecule has 0 aliphatic carbocycles. The van der Waals surface area contributed by atoms with Gasteiger partial charge in [-0.15, -0.1) is 0 Å². The predicted octanol–water partition coefficient (Wildman–Crippen LogP) is -1.90. The molecule has 2 N–H and O–H groups in total. The van der Waals surface area contributed by atoms with Gasteiger partial charge in [0.2, 0.25) is 0 Å². The molecule has 0 aromatic heterocycles. The van der Waals surface area contributed by atoms with Crippen molar-refractivity contribution in [1.29, 1.82) is 0 Å². The van der Waals surface area contributed by atoms with Crippen molar-refractivity contribution in [3.05, 3.63) is 0 Å². The second-order valence-electron chi connectivity index (χ2n) is 0.319. The van der Waals surface area contributed by atoms with Crippen LogP contribution in [0.1, 0.15) is 0 Å². The average molecular weight is 90.1 g/mol. The first-order valence-corrected chi connectivity index (χ1v) is 0.986. The lowest BCUT2D eigenvalue weighted by molar-refractivity contribution is -0.245. The molecule has 0 radical (unpaired) electrons. The van der Waals surface area contributed by atoms with Crippen molar-refractivity contribution in [3.8, 4) is 0 Å². The van der Waals surface area contributed by atoms with Gasteiger partial charge in [0.1, 0.15) is 12.9 Å². The second-order valence-corrected chi connectivity index (χ2v) is 0.319. The van der Waals surface area contributed by atoms with Gasteiger partial charge in [-0.3, -0.25) is 0 Å². The van der Waals surface area contributed by atoms with Crippen LogP contribution >= 0.6 is 0 Å². The van der Waals surface area contributed by atoms with E-state index < -0.39 is 6.09 Å². The maximum Gasteiger partial charge on any atom is 0.131 e. The van der Waals surface area contributed by atoms with Crippen LogP contribution in [0.4, 0.5) is 4.79 Å². The lowest BCUT2D eigenvalue weighted by Gasteiger charge is -1.78. The number of carbonyl (C=O) groups is 2. The van der Waals surface area contributed by atoms with Crippen LogP contribution in [-0.2, 0) is 4.79 Å². The van der Waals surface area contributed by atoms with Crippen LogP contribution in [0.5, 0.6) is 0 Å². The molecule has 0 aromatic carbocycles. The number of carboxylic acid groups (broad SMARTS) is 1. The summed E-state index contributed by atoms with van der Waals surface area (Å²) in [6.07, 6.45) is -1.58. The van der Waals surface area contributed by atoms with E-state index in [0.717, 1.165) is 0 Å². The first kappa shape index (κ1) is 8.87. The Morgan fingerprint density at radius 2 is 1.67 bits per heavy atom. The highest BCUT2D eigenvalue weighted by molar-refractivity contribution is 5.58. The third kappa shape index (κ3) is 9.85. The molecule has 0 saturated carbocycles. The summed E-state index contributed by atoms with van der Waals surface area (Å²) in [5.41, 5.74) is 3.92. The first-order chi connectivity index (χ1) is 2.73. The van der Waals surface area contributed by atoms with Gasteiger partial charge in [-0.1, -0.05) is 0 Å². The van der Waals surface area contributed by atoms with Gasteiger partial charge in [0.25, 0.3) is 0 Å². The van der Waals surface area contributed by atoms with Crippen LogP contribution < -0.4 is 10.8 Å². The van der Waals surface area contributed by atoms with Crippen LogP contribution in [0.15, 0.2) is 0 Å². The second kappa shape index (κ2) is 9.05. The molecule has 0 bridgehead atoms. The van der Waals surface area contributed by atoms with Gasteiger partial charge in [-0.2, -0.15) is 0 Å².